The van der Waals surface area contributed by atoms with Crippen LogP contribution < -0.4 is 0 Å². The predicted molar refractivity (Wildman–Crippen MR) is 116 cm³/mol. The van der Waals surface area contributed by atoms with Gasteiger partial charge in [0.25, 0.3) is 0 Å². The van der Waals surface area contributed by atoms with Crippen LogP contribution in [0.3, 0.4) is 0 Å². The third-order valence-electron chi connectivity index (χ3n) is 5.24. The zero-order valence-electron chi connectivity index (χ0n) is 17.6. The van der Waals surface area contributed by atoms with Crippen LogP contribution in [0.4, 0.5) is 0 Å². The lowest BCUT2D eigenvalue weighted by atomic mass is 9.97. The molecule has 0 amide bonds. The highest BCUT2D eigenvalue weighted by atomic mass is 16.3. The molecule has 0 radical (unpaired) electrons. The number of allylic oxidation sites excluding steroid dienone is 3. The van der Waals surface area contributed by atoms with Gasteiger partial charge in [-0.1, -0.05) is 42.5 Å². The Hall–Kier alpha value is -2.72. The monoisotopic (exact) mass is 375 g/mol. The van der Waals surface area contributed by atoms with Gasteiger partial charge in [0, 0.05) is 5.56 Å². The number of hydrogen-bond donors (Lipinski definition) is 1. The van der Waals surface area contributed by atoms with E-state index in [-0.39, 0.29) is 6.04 Å². The molecular weight excluding hydrogens is 346 g/mol. The second-order valence-corrected chi connectivity index (χ2v) is 7.90. The fourth-order valence-electron chi connectivity index (χ4n) is 3.74. The summed E-state index contributed by atoms with van der Waals surface area (Å²) in [6.07, 6.45) is 2.11. The summed E-state index contributed by atoms with van der Waals surface area (Å²) < 4.78 is 2.17. The molecule has 1 N–H and O–H groups in total. The van der Waals surface area contributed by atoms with Gasteiger partial charge in [0.1, 0.15) is 11.3 Å². The molecule has 1 aromatic carbocycles. The number of hydrogen-bond acceptors (Lipinski definition) is 3. The first-order chi connectivity index (χ1) is 13.1. The van der Waals surface area contributed by atoms with E-state index in [0.717, 1.165) is 39.4 Å². The smallest absolute Gasteiger partial charge is 0.161 e. The lowest BCUT2D eigenvalue weighted by Gasteiger charge is -2.20. The molecule has 146 valence electrons. The summed E-state index contributed by atoms with van der Waals surface area (Å²) in [5.74, 6) is 0.935. The molecule has 4 heteroatoms. The highest BCUT2D eigenvalue weighted by Crippen LogP contribution is 2.30. The van der Waals surface area contributed by atoms with Crippen LogP contribution in [0.25, 0.3) is 22.4 Å². The summed E-state index contributed by atoms with van der Waals surface area (Å²) in [6, 6.07) is 12.0. The Labute approximate surface area is 167 Å². The van der Waals surface area contributed by atoms with Crippen LogP contribution in [-0.2, 0) is 5.60 Å². The van der Waals surface area contributed by atoms with E-state index in [1.54, 1.807) is 13.8 Å². The van der Waals surface area contributed by atoms with Crippen molar-refractivity contribution in [2.24, 2.45) is 0 Å². The van der Waals surface area contributed by atoms with Crippen LogP contribution in [0, 0.1) is 6.92 Å². The number of aliphatic hydroxyl groups is 1. The lowest BCUT2D eigenvalue weighted by Crippen LogP contribution is -2.14. The number of aryl methyl sites for hydroxylation is 1. The fourth-order valence-corrected chi connectivity index (χ4v) is 3.74. The molecule has 28 heavy (non-hydrogen) atoms. The number of nitrogens with zero attached hydrogens (tertiary/aromatic N) is 3. The quantitative estimate of drug-likeness (QED) is 0.580. The first kappa shape index (κ1) is 20.0. The van der Waals surface area contributed by atoms with Gasteiger partial charge >= 0.3 is 0 Å². The Kier molecular flexibility index (Phi) is 5.26. The van der Waals surface area contributed by atoms with E-state index in [9.17, 15) is 5.11 Å². The van der Waals surface area contributed by atoms with E-state index in [4.69, 9.17) is 9.97 Å². The van der Waals surface area contributed by atoms with Crippen molar-refractivity contribution in [1.82, 2.24) is 14.5 Å². The summed E-state index contributed by atoms with van der Waals surface area (Å²) in [5.41, 5.74) is 5.92. The summed E-state index contributed by atoms with van der Waals surface area (Å²) in [6.45, 7) is 15.9. The normalized spacial score (nSPS) is 13.8. The van der Waals surface area contributed by atoms with Crippen LogP contribution in [0.15, 0.2) is 60.2 Å². The third kappa shape index (κ3) is 3.65. The summed E-state index contributed by atoms with van der Waals surface area (Å²) in [7, 11) is 0. The average molecular weight is 376 g/mol. The standard InChI is InChI=1S/C24H29N3O/c1-8-20(15(2)3)16(4)27-17(5)25-22-14-13-21(26-23(22)27)18-9-11-19(12-10-18)24(6,7)28/h8-14,16,28H,2H2,1,3-7H3/b20-8+. The fraction of sp³-hybridized carbons (Fsp3) is 0.333. The molecule has 0 aliphatic heterocycles. The molecule has 0 fully saturated rings. The van der Waals surface area contributed by atoms with Crippen molar-refractivity contribution in [1.29, 1.82) is 0 Å². The van der Waals surface area contributed by atoms with Crippen LogP contribution in [0.2, 0.25) is 0 Å². The van der Waals surface area contributed by atoms with Crippen molar-refractivity contribution >= 4 is 11.2 Å². The lowest BCUT2D eigenvalue weighted by molar-refractivity contribution is 0.0786. The maximum absolute atomic E-state index is 10.2. The molecule has 0 aliphatic carbocycles. The second-order valence-electron chi connectivity index (χ2n) is 7.90. The van der Waals surface area contributed by atoms with Gasteiger partial charge in [-0.15, -0.1) is 0 Å². The molecule has 0 aliphatic rings. The average Bonchev–Trinajstić information content (AvgIpc) is 2.96. The van der Waals surface area contributed by atoms with Gasteiger partial charge in [-0.25, -0.2) is 9.97 Å². The molecule has 2 aromatic heterocycles. The van der Waals surface area contributed by atoms with Crippen molar-refractivity contribution < 1.29 is 5.11 Å². The molecule has 3 aromatic rings. The largest absolute Gasteiger partial charge is 0.386 e. The van der Waals surface area contributed by atoms with E-state index >= 15 is 0 Å². The number of pyridine rings is 1. The number of aromatic nitrogens is 3. The molecule has 1 unspecified atom stereocenters. The molecular formula is C24H29N3O. The highest BCUT2D eigenvalue weighted by molar-refractivity contribution is 5.76. The summed E-state index contributed by atoms with van der Waals surface area (Å²) in [5, 5.41) is 10.2. The minimum absolute atomic E-state index is 0.104. The second kappa shape index (κ2) is 7.36. The predicted octanol–water partition coefficient (Wildman–Crippen LogP) is 5.72. The highest BCUT2D eigenvalue weighted by Gasteiger charge is 2.19. The van der Waals surface area contributed by atoms with E-state index in [1.165, 1.54) is 5.57 Å². The zero-order chi connectivity index (χ0) is 20.6. The SMILES string of the molecule is C=C(C)/C(=C\C)C(C)n1c(C)nc2ccc(-c3ccc(C(C)(C)O)cc3)nc21. The first-order valence-electron chi connectivity index (χ1n) is 9.64. The van der Waals surface area contributed by atoms with Gasteiger partial charge in [-0.3, -0.25) is 0 Å². The van der Waals surface area contributed by atoms with E-state index in [1.807, 2.05) is 57.2 Å². The van der Waals surface area contributed by atoms with E-state index in [0.29, 0.717) is 0 Å². The minimum Gasteiger partial charge on any atom is -0.386 e. The Balaban J connectivity index is 2.10. The first-order valence-corrected chi connectivity index (χ1v) is 9.64. The van der Waals surface area contributed by atoms with Gasteiger partial charge in [0.2, 0.25) is 0 Å². The van der Waals surface area contributed by atoms with Crippen LogP contribution >= 0.6 is 0 Å². The molecule has 0 spiro atoms. The molecule has 4 nitrogen and oxygen atoms in total. The van der Waals surface area contributed by atoms with Gasteiger partial charge in [0.15, 0.2) is 5.65 Å². The molecule has 0 saturated heterocycles. The van der Waals surface area contributed by atoms with Crippen molar-refractivity contribution in [3.05, 3.63) is 71.6 Å². The van der Waals surface area contributed by atoms with Crippen LogP contribution in [0.1, 0.15) is 52.0 Å². The van der Waals surface area contributed by atoms with Crippen molar-refractivity contribution in [2.45, 2.75) is 53.2 Å². The molecule has 1 atom stereocenters. The Morgan fingerprint density at radius 2 is 1.79 bits per heavy atom. The Bertz CT molecular complexity index is 1050. The van der Waals surface area contributed by atoms with Crippen LogP contribution in [-0.4, -0.2) is 19.6 Å². The molecule has 2 heterocycles. The number of fused-ring (bicyclic) bond motifs is 1. The third-order valence-corrected chi connectivity index (χ3v) is 5.24. The van der Waals surface area contributed by atoms with Gasteiger partial charge in [0.05, 0.1) is 17.3 Å². The topological polar surface area (TPSA) is 50.9 Å². The Morgan fingerprint density at radius 3 is 2.32 bits per heavy atom. The van der Waals surface area contributed by atoms with Crippen molar-refractivity contribution in [3.8, 4) is 11.3 Å². The maximum Gasteiger partial charge on any atom is 0.161 e. The zero-order valence-corrected chi connectivity index (χ0v) is 17.6. The maximum atomic E-state index is 10.2. The number of rotatable bonds is 5. The molecule has 0 saturated carbocycles. The van der Waals surface area contributed by atoms with Crippen molar-refractivity contribution in [3.63, 3.8) is 0 Å². The van der Waals surface area contributed by atoms with E-state index < -0.39 is 5.60 Å². The van der Waals surface area contributed by atoms with Crippen molar-refractivity contribution in [2.75, 3.05) is 0 Å². The summed E-state index contributed by atoms with van der Waals surface area (Å²) in [4.78, 5) is 9.64. The number of imidazole rings is 1. The van der Waals surface area contributed by atoms with Gasteiger partial charge in [-0.2, -0.15) is 0 Å². The van der Waals surface area contributed by atoms with Gasteiger partial charge < -0.3 is 9.67 Å². The summed E-state index contributed by atoms with van der Waals surface area (Å²) >= 11 is 0. The van der Waals surface area contributed by atoms with Crippen LogP contribution in [0.5, 0.6) is 0 Å². The number of benzene rings is 1. The Morgan fingerprint density at radius 1 is 1.14 bits per heavy atom. The van der Waals surface area contributed by atoms with E-state index in [2.05, 4.69) is 24.1 Å². The minimum atomic E-state index is -0.855. The molecule has 0 bridgehead atoms. The van der Waals surface area contributed by atoms with Gasteiger partial charge in [-0.05, 0) is 64.8 Å². The molecule has 3 rings (SSSR count).